The Hall–Kier alpha value is -2.88. The van der Waals surface area contributed by atoms with Gasteiger partial charge in [-0.25, -0.2) is 4.98 Å². The third-order valence-electron chi connectivity index (χ3n) is 3.38. The fraction of sp³-hybridized carbons (Fsp3) is 0.111. The topological polar surface area (TPSA) is 51.2 Å². The number of methoxy groups -OCH3 is 1. The summed E-state index contributed by atoms with van der Waals surface area (Å²) >= 11 is 0. The van der Waals surface area contributed by atoms with Crippen molar-refractivity contribution in [2.45, 2.75) is 6.92 Å². The lowest BCUT2D eigenvalue weighted by atomic mass is 10.1. The summed E-state index contributed by atoms with van der Waals surface area (Å²) in [6.07, 6.45) is 0. The highest BCUT2D eigenvalue weighted by molar-refractivity contribution is 5.95. The van der Waals surface area contributed by atoms with Gasteiger partial charge in [-0.1, -0.05) is 30.3 Å². The summed E-state index contributed by atoms with van der Waals surface area (Å²) in [6.45, 7) is 1.48. The molecule has 0 spiro atoms. The monoisotopic (exact) mass is 292 g/mol. The molecule has 0 saturated heterocycles. The minimum atomic E-state index is -0.104. The molecule has 0 bridgehead atoms. The van der Waals surface area contributed by atoms with E-state index < -0.39 is 0 Å². The first-order valence-electron chi connectivity index (χ1n) is 6.99. The predicted molar refractivity (Wildman–Crippen MR) is 88.0 cm³/mol. The number of anilines is 1. The van der Waals surface area contributed by atoms with Gasteiger partial charge in [-0.3, -0.25) is 4.79 Å². The number of carbonyl (C=O) groups is 1. The highest BCUT2D eigenvalue weighted by Gasteiger charge is 2.09. The number of carbonyl (C=O) groups excluding carboxylic acids is 1. The zero-order valence-electron chi connectivity index (χ0n) is 12.5. The van der Waals surface area contributed by atoms with Gasteiger partial charge in [0.25, 0.3) is 0 Å². The van der Waals surface area contributed by atoms with Crippen molar-refractivity contribution in [2.24, 2.45) is 0 Å². The molecule has 0 atom stereocenters. The smallest absolute Gasteiger partial charge is 0.221 e. The fourth-order valence-electron chi connectivity index (χ4n) is 2.40. The molecular formula is C18H16N2O2. The van der Waals surface area contributed by atoms with Gasteiger partial charge >= 0.3 is 0 Å². The maximum atomic E-state index is 11.2. The van der Waals surface area contributed by atoms with E-state index in [0.717, 1.165) is 33.6 Å². The molecular weight excluding hydrogens is 276 g/mol. The first-order chi connectivity index (χ1) is 10.7. The number of aromatic nitrogens is 1. The van der Waals surface area contributed by atoms with E-state index in [2.05, 4.69) is 10.3 Å². The lowest BCUT2D eigenvalue weighted by molar-refractivity contribution is -0.114. The second kappa shape index (κ2) is 5.85. The molecule has 1 heterocycles. The van der Waals surface area contributed by atoms with Gasteiger partial charge < -0.3 is 10.1 Å². The average molecular weight is 292 g/mol. The van der Waals surface area contributed by atoms with Crippen molar-refractivity contribution in [1.29, 1.82) is 0 Å². The van der Waals surface area contributed by atoms with Crippen LogP contribution in [0, 0.1) is 0 Å². The van der Waals surface area contributed by atoms with E-state index in [1.807, 2.05) is 54.6 Å². The molecule has 0 fully saturated rings. The molecule has 1 N–H and O–H groups in total. The second-order valence-corrected chi connectivity index (χ2v) is 4.99. The van der Waals surface area contributed by atoms with Crippen molar-refractivity contribution in [3.05, 3.63) is 54.6 Å². The Morgan fingerprint density at radius 1 is 1.09 bits per heavy atom. The number of nitrogens with zero attached hydrogens (tertiary/aromatic N) is 1. The van der Waals surface area contributed by atoms with E-state index >= 15 is 0 Å². The third-order valence-corrected chi connectivity index (χ3v) is 3.38. The van der Waals surface area contributed by atoms with Crippen LogP contribution in [0.1, 0.15) is 6.92 Å². The van der Waals surface area contributed by atoms with Gasteiger partial charge in [0.2, 0.25) is 5.91 Å². The number of pyridine rings is 1. The Labute approximate surface area is 128 Å². The molecule has 0 aliphatic carbocycles. The van der Waals surface area contributed by atoms with Crippen LogP contribution in [-0.2, 0) is 4.79 Å². The minimum absolute atomic E-state index is 0.104. The average Bonchev–Trinajstić information content (AvgIpc) is 2.54. The molecule has 2 aromatic carbocycles. The zero-order valence-corrected chi connectivity index (χ0v) is 12.5. The second-order valence-electron chi connectivity index (χ2n) is 4.99. The van der Waals surface area contributed by atoms with Crippen molar-refractivity contribution in [1.82, 2.24) is 4.98 Å². The van der Waals surface area contributed by atoms with Gasteiger partial charge in [0, 0.05) is 29.6 Å². The molecule has 3 rings (SSSR count). The highest BCUT2D eigenvalue weighted by atomic mass is 16.5. The number of hydrogen-bond acceptors (Lipinski definition) is 3. The van der Waals surface area contributed by atoms with Crippen molar-refractivity contribution < 1.29 is 9.53 Å². The molecule has 110 valence electrons. The zero-order chi connectivity index (χ0) is 15.5. The van der Waals surface area contributed by atoms with Gasteiger partial charge in [0.15, 0.2) is 0 Å². The number of ether oxygens (including phenoxy) is 1. The number of amides is 1. The van der Waals surface area contributed by atoms with Gasteiger partial charge in [-0.2, -0.15) is 0 Å². The summed E-state index contributed by atoms with van der Waals surface area (Å²) in [6, 6.07) is 17.5. The number of hydrogen-bond donors (Lipinski definition) is 1. The van der Waals surface area contributed by atoms with Crippen molar-refractivity contribution in [3.63, 3.8) is 0 Å². The van der Waals surface area contributed by atoms with Crippen LogP contribution < -0.4 is 10.1 Å². The number of benzene rings is 2. The summed E-state index contributed by atoms with van der Waals surface area (Å²) in [4.78, 5) is 15.9. The van der Waals surface area contributed by atoms with Gasteiger partial charge in [0.1, 0.15) is 5.75 Å². The normalized spacial score (nSPS) is 10.5. The number of fused-ring (bicyclic) bond motifs is 1. The summed E-state index contributed by atoms with van der Waals surface area (Å²) in [7, 11) is 1.63. The quantitative estimate of drug-likeness (QED) is 0.797. The van der Waals surface area contributed by atoms with Gasteiger partial charge in [-0.15, -0.1) is 0 Å². The van der Waals surface area contributed by atoms with Gasteiger partial charge in [0.05, 0.1) is 18.3 Å². The maximum Gasteiger partial charge on any atom is 0.221 e. The van der Waals surface area contributed by atoms with E-state index in [1.165, 1.54) is 6.92 Å². The van der Waals surface area contributed by atoms with Crippen molar-refractivity contribution in [2.75, 3.05) is 12.4 Å². The Morgan fingerprint density at radius 2 is 1.86 bits per heavy atom. The molecule has 4 heteroatoms. The van der Waals surface area contributed by atoms with E-state index in [1.54, 1.807) is 7.11 Å². The van der Waals surface area contributed by atoms with E-state index in [-0.39, 0.29) is 5.91 Å². The Kier molecular flexibility index (Phi) is 3.74. The molecule has 0 unspecified atom stereocenters. The first-order valence-corrected chi connectivity index (χ1v) is 6.99. The number of nitrogens with one attached hydrogen (secondary N) is 1. The Balaban J connectivity index is 2.15. The standard InChI is InChI=1S/C18H16N2O2/c1-12(21)19-14-8-9-16-15(10-14)18(22-2)11-17(20-16)13-6-4-3-5-7-13/h3-11H,1-2H3,(H,19,21). The predicted octanol–water partition coefficient (Wildman–Crippen LogP) is 3.87. The first kappa shape index (κ1) is 14.1. The molecule has 3 aromatic rings. The third kappa shape index (κ3) is 2.76. The molecule has 0 radical (unpaired) electrons. The minimum Gasteiger partial charge on any atom is -0.496 e. The molecule has 0 aliphatic rings. The van der Waals surface area contributed by atoms with Crippen LogP contribution in [0.15, 0.2) is 54.6 Å². The molecule has 1 aromatic heterocycles. The van der Waals surface area contributed by atoms with Crippen LogP contribution in [0.5, 0.6) is 5.75 Å². The van der Waals surface area contributed by atoms with Crippen LogP contribution in [0.2, 0.25) is 0 Å². The highest BCUT2D eigenvalue weighted by Crippen LogP contribution is 2.31. The molecule has 4 nitrogen and oxygen atoms in total. The lowest BCUT2D eigenvalue weighted by Crippen LogP contribution is -2.05. The largest absolute Gasteiger partial charge is 0.496 e. The lowest BCUT2D eigenvalue weighted by Gasteiger charge is -2.10. The van der Waals surface area contributed by atoms with Crippen LogP contribution in [0.25, 0.3) is 22.2 Å². The van der Waals surface area contributed by atoms with Crippen molar-refractivity contribution >= 4 is 22.5 Å². The molecule has 22 heavy (non-hydrogen) atoms. The summed E-state index contributed by atoms with van der Waals surface area (Å²) < 4.78 is 5.50. The Bertz CT molecular complexity index is 829. The van der Waals surface area contributed by atoms with E-state index in [0.29, 0.717) is 0 Å². The maximum absolute atomic E-state index is 11.2. The summed E-state index contributed by atoms with van der Waals surface area (Å²) in [5, 5.41) is 3.64. The Morgan fingerprint density at radius 3 is 2.55 bits per heavy atom. The van der Waals surface area contributed by atoms with Crippen molar-refractivity contribution in [3.8, 4) is 17.0 Å². The fourth-order valence-corrected chi connectivity index (χ4v) is 2.40. The number of rotatable bonds is 3. The summed E-state index contributed by atoms with van der Waals surface area (Å²) in [5.41, 5.74) is 3.45. The van der Waals surface area contributed by atoms with Crippen LogP contribution in [0.4, 0.5) is 5.69 Å². The van der Waals surface area contributed by atoms with E-state index in [9.17, 15) is 4.79 Å². The van der Waals surface area contributed by atoms with Crippen LogP contribution >= 0.6 is 0 Å². The molecule has 1 amide bonds. The molecule has 0 saturated carbocycles. The SMILES string of the molecule is COc1cc(-c2ccccc2)nc2ccc(NC(C)=O)cc12. The van der Waals surface area contributed by atoms with E-state index in [4.69, 9.17) is 4.74 Å². The van der Waals surface area contributed by atoms with Crippen LogP contribution in [0.3, 0.4) is 0 Å². The van der Waals surface area contributed by atoms with Gasteiger partial charge in [-0.05, 0) is 18.2 Å². The summed E-state index contributed by atoms with van der Waals surface area (Å²) in [5.74, 6) is 0.628. The van der Waals surface area contributed by atoms with Crippen LogP contribution in [-0.4, -0.2) is 18.0 Å². The molecule has 0 aliphatic heterocycles.